The maximum absolute atomic E-state index is 12.9. The van der Waals surface area contributed by atoms with E-state index in [1.165, 1.54) is 16.0 Å². The maximum Gasteiger partial charge on any atom is 0.231 e. The van der Waals surface area contributed by atoms with E-state index in [0.717, 1.165) is 36.4 Å². The molecule has 0 saturated carbocycles. The third kappa shape index (κ3) is 4.84. The summed E-state index contributed by atoms with van der Waals surface area (Å²) in [5.41, 5.74) is 3.54. The van der Waals surface area contributed by atoms with Crippen molar-refractivity contribution in [1.82, 2.24) is 0 Å². The van der Waals surface area contributed by atoms with Gasteiger partial charge in [0.05, 0.1) is 32.7 Å². The smallest absolute Gasteiger partial charge is 0.231 e. The Hall–Kier alpha value is -2.27. The number of ether oxygens (including phenoxy) is 3. The highest BCUT2D eigenvalue weighted by atomic mass is 16.7. The number of quaternary nitrogens is 1. The number of rotatable bonds is 7. The number of carbonyl (C=O) groups excluding carboxylic acids is 1. The van der Waals surface area contributed by atoms with Gasteiger partial charge in [-0.15, -0.1) is 0 Å². The molecule has 2 heterocycles. The van der Waals surface area contributed by atoms with Gasteiger partial charge >= 0.3 is 0 Å². The van der Waals surface area contributed by atoms with Crippen LogP contribution in [0.1, 0.15) is 57.7 Å². The number of benzene rings is 1. The lowest BCUT2D eigenvalue weighted by Gasteiger charge is -2.32. The second kappa shape index (κ2) is 8.62. The number of likely N-dealkylation sites (N-methyl/N-ethyl adjacent to an activating group) is 1. The number of hydrogen-bond acceptors (Lipinski definition) is 4. The molecule has 2 atom stereocenters. The number of fused-ring (bicyclic) bond motifs is 2. The number of methoxy groups -OCH3 is 1. The van der Waals surface area contributed by atoms with Crippen LogP contribution in [0.4, 0.5) is 0 Å². The first-order chi connectivity index (χ1) is 13.7. The minimum absolute atomic E-state index is 0.0418. The molecule has 1 aromatic rings. The van der Waals surface area contributed by atoms with Gasteiger partial charge < -0.3 is 19.1 Å². The molecule has 2 aliphatic rings. The van der Waals surface area contributed by atoms with E-state index < -0.39 is 0 Å². The van der Waals surface area contributed by atoms with E-state index in [-0.39, 0.29) is 24.0 Å². The van der Waals surface area contributed by atoms with Gasteiger partial charge in [0, 0.05) is 6.42 Å². The molecule has 0 aliphatic carbocycles. The average molecular weight is 401 g/mol. The van der Waals surface area contributed by atoms with Crippen molar-refractivity contribution in [2.24, 2.45) is 5.41 Å². The second-order valence-corrected chi connectivity index (χ2v) is 9.09. The standard InChI is InChI=1S/C24H33NO4/c1-16(2)7-10-24(3,4)11-8-18(26)14-19-21-17(9-12-25(19)5)13-20-22(23(21)27-6)29-15-28-20/h7-8,11,13,19H,9-10,12,14-15H2,1-6H3/p+1/b11-8+/t19-/m1/s1. The first kappa shape index (κ1) is 21.4. The van der Waals surface area contributed by atoms with E-state index in [0.29, 0.717) is 12.2 Å². The fourth-order valence-corrected chi connectivity index (χ4v) is 4.02. The molecule has 0 amide bonds. The van der Waals surface area contributed by atoms with Crippen LogP contribution in [-0.4, -0.2) is 33.3 Å². The number of allylic oxidation sites excluding steroid dienone is 4. The first-order valence-electron chi connectivity index (χ1n) is 10.4. The van der Waals surface area contributed by atoms with Crippen molar-refractivity contribution in [3.8, 4) is 17.2 Å². The van der Waals surface area contributed by atoms with Gasteiger partial charge in [0.25, 0.3) is 0 Å². The van der Waals surface area contributed by atoms with E-state index in [1.54, 1.807) is 13.2 Å². The topological polar surface area (TPSA) is 49.2 Å². The van der Waals surface area contributed by atoms with Crippen LogP contribution in [0.15, 0.2) is 29.9 Å². The van der Waals surface area contributed by atoms with Crippen LogP contribution in [0, 0.1) is 5.41 Å². The molecule has 0 fully saturated rings. The molecule has 0 spiro atoms. The fourth-order valence-electron chi connectivity index (χ4n) is 4.02. The van der Waals surface area contributed by atoms with E-state index >= 15 is 0 Å². The van der Waals surface area contributed by atoms with Crippen molar-refractivity contribution in [2.45, 2.75) is 53.0 Å². The van der Waals surface area contributed by atoms with Gasteiger partial charge in [-0.3, -0.25) is 4.79 Å². The lowest BCUT2D eigenvalue weighted by Crippen LogP contribution is -3.10. The van der Waals surface area contributed by atoms with Crippen molar-refractivity contribution < 1.29 is 23.9 Å². The first-order valence-corrected chi connectivity index (χ1v) is 10.4. The Balaban J connectivity index is 1.82. The molecule has 5 heteroatoms. The van der Waals surface area contributed by atoms with Gasteiger partial charge in [0.1, 0.15) is 6.04 Å². The number of carbonyl (C=O) groups is 1. The van der Waals surface area contributed by atoms with Crippen molar-refractivity contribution in [1.29, 1.82) is 0 Å². The molecule has 5 nitrogen and oxygen atoms in total. The SMILES string of the molecule is COc1c2c(cc3c1[C@@H](CC(=O)/C=C/C(C)(C)CC=C(C)C)[NH+](C)CC3)OCO2. The Kier molecular flexibility index (Phi) is 6.37. The molecule has 0 saturated heterocycles. The minimum Gasteiger partial charge on any atom is -0.492 e. The molecule has 3 rings (SSSR count). The average Bonchev–Trinajstić information content (AvgIpc) is 3.14. The monoisotopic (exact) mass is 400 g/mol. The maximum atomic E-state index is 12.9. The fraction of sp³-hybridized carbons (Fsp3) is 0.542. The Morgan fingerprint density at radius 3 is 2.79 bits per heavy atom. The van der Waals surface area contributed by atoms with Crippen LogP contribution in [0.25, 0.3) is 0 Å². The molecule has 0 radical (unpaired) electrons. The summed E-state index contributed by atoms with van der Waals surface area (Å²) < 4.78 is 17.0. The summed E-state index contributed by atoms with van der Waals surface area (Å²) in [5.74, 6) is 2.27. The Morgan fingerprint density at radius 1 is 1.34 bits per heavy atom. The lowest BCUT2D eigenvalue weighted by atomic mass is 9.86. The number of ketones is 1. The van der Waals surface area contributed by atoms with Crippen LogP contribution in [0.5, 0.6) is 17.2 Å². The van der Waals surface area contributed by atoms with Crippen LogP contribution < -0.4 is 19.1 Å². The molecule has 1 N–H and O–H groups in total. The van der Waals surface area contributed by atoms with Gasteiger partial charge in [-0.05, 0) is 43.4 Å². The zero-order valence-corrected chi connectivity index (χ0v) is 18.6. The molecule has 1 unspecified atom stereocenters. The van der Waals surface area contributed by atoms with Gasteiger partial charge in [0.15, 0.2) is 17.3 Å². The minimum atomic E-state index is -0.0418. The molecule has 0 bridgehead atoms. The number of nitrogens with one attached hydrogen (secondary N) is 1. The van der Waals surface area contributed by atoms with Crippen molar-refractivity contribution in [2.75, 3.05) is 27.5 Å². The molecule has 1 aromatic carbocycles. The highest BCUT2D eigenvalue weighted by Crippen LogP contribution is 2.47. The van der Waals surface area contributed by atoms with Gasteiger partial charge in [-0.2, -0.15) is 0 Å². The molecular weight excluding hydrogens is 366 g/mol. The zero-order chi connectivity index (χ0) is 21.2. The van der Waals surface area contributed by atoms with Crippen LogP contribution in [-0.2, 0) is 11.2 Å². The summed E-state index contributed by atoms with van der Waals surface area (Å²) >= 11 is 0. The third-order valence-electron chi connectivity index (χ3n) is 5.84. The zero-order valence-electron chi connectivity index (χ0n) is 18.6. The number of hydrogen-bond donors (Lipinski definition) is 1. The van der Waals surface area contributed by atoms with Crippen molar-refractivity contribution >= 4 is 5.78 Å². The summed E-state index contributed by atoms with van der Waals surface area (Å²) in [4.78, 5) is 14.2. The third-order valence-corrected chi connectivity index (χ3v) is 5.84. The highest BCUT2D eigenvalue weighted by Gasteiger charge is 2.37. The Labute approximate surface area is 174 Å². The molecule has 0 aromatic heterocycles. The highest BCUT2D eigenvalue weighted by molar-refractivity contribution is 5.90. The summed E-state index contributed by atoms with van der Waals surface area (Å²) in [6.07, 6.45) is 8.34. The summed E-state index contributed by atoms with van der Waals surface area (Å²) in [6.45, 7) is 9.71. The molecular formula is C24H34NO4+. The summed E-state index contributed by atoms with van der Waals surface area (Å²) in [7, 11) is 3.80. The summed E-state index contributed by atoms with van der Waals surface area (Å²) in [6, 6.07) is 2.10. The van der Waals surface area contributed by atoms with E-state index in [9.17, 15) is 4.79 Å². The van der Waals surface area contributed by atoms with Crippen LogP contribution in [0.2, 0.25) is 0 Å². The van der Waals surface area contributed by atoms with Crippen LogP contribution >= 0.6 is 0 Å². The van der Waals surface area contributed by atoms with Gasteiger partial charge in [-0.1, -0.05) is 31.6 Å². The van der Waals surface area contributed by atoms with Crippen molar-refractivity contribution in [3.05, 3.63) is 41.0 Å². The Bertz CT molecular complexity index is 834. The molecule has 2 aliphatic heterocycles. The van der Waals surface area contributed by atoms with E-state index in [4.69, 9.17) is 14.2 Å². The van der Waals surface area contributed by atoms with E-state index in [2.05, 4.69) is 46.9 Å². The second-order valence-electron chi connectivity index (χ2n) is 9.09. The largest absolute Gasteiger partial charge is 0.492 e. The summed E-state index contributed by atoms with van der Waals surface area (Å²) in [5, 5.41) is 0. The van der Waals surface area contributed by atoms with Crippen LogP contribution in [0.3, 0.4) is 0 Å². The van der Waals surface area contributed by atoms with E-state index in [1.807, 2.05) is 6.08 Å². The quantitative estimate of drug-likeness (QED) is 0.563. The van der Waals surface area contributed by atoms with Gasteiger partial charge in [0.2, 0.25) is 12.5 Å². The van der Waals surface area contributed by atoms with Gasteiger partial charge in [-0.25, -0.2) is 0 Å². The Morgan fingerprint density at radius 2 is 2.10 bits per heavy atom. The lowest BCUT2D eigenvalue weighted by molar-refractivity contribution is -0.914. The normalized spacial score (nSPS) is 20.5. The predicted molar refractivity (Wildman–Crippen MR) is 114 cm³/mol. The predicted octanol–water partition coefficient (Wildman–Crippen LogP) is 3.43. The molecule has 158 valence electrons. The van der Waals surface area contributed by atoms with Crippen molar-refractivity contribution in [3.63, 3.8) is 0 Å². The molecule has 29 heavy (non-hydrogen) atoms.